The van der Waals surface area contributed by atoms with Crippen LogP contribution < -0.4 is 10.6 Å². The van der Waals surface area contributed by atoms with Gasteiger partial charge in [-0.2, -0.15) is 11.3 Å². The quantitative estimate of drug-likeness (QED) is 0.740. The molecule has 74 valence electrons. The second-order valence-corrected chi connectivity index (χ2v) is 3.97. The minimum atomic E-state index is -0.104. The van der Waals surface area contributed by atoms with Gasteiger partial charge in [0, 0.05) is 23.9 Å². The predicted molar refractivity (Wildman–Crippen MR) is 53.2 cm³/mol. The number of thiophene rings is 1. The fraction of sp³-hybridized carbons (Fsp3) is 0.333. The van der Waals surface area contributed by atoms with E-state index in [0.717, 1.165) is 0 Å². The zero-order chi connectivity index (χ0) is 9.97. The maximum Gasteiger partial charge on any atom is 0.252 e. The highest BCUT2D eigenvalue weighted by molar-refractivity contribution is 7.08. The lowest BCUT2D eigenvalue weighted by molar-refractivity contribution is -0.119. The average molecular weight is 210 g/mol. The molecule has 0 radical (unpaired) electrons. The van der Waals surface area contributed by atoms with Crippen molar-refractivity contribution in [2.24, 2.45) is 0 Å². The Labute approximate surface area is 85.3 Å². The van der Waals surface area contributed by atoms with Gasteiger partial charge in [-0.15, -0.1) is 0 Å². The van der Waals surface area contributed by atoms with Crippen molar-refractivity contribution in [1.82, 2.24) is 10.6 Å². The van der Waals surface area contributed by atoms with Crippen molar-refractivity contribution in [2.45, 2.75) is 12.5 Å². The molecule has 14 heavy (non-hydrogen) atoms. The fourth-order valence-electron chi connectivity index (χ4n) is 1.37. The Bertz CT molecular complexity index is 348. The topological polar surface area (TPSA) is 58.2 Å². The van der Waals surface area contributed by atoms with Gasteiger partial charge >= 0.3 is 0 Å². The van der Waals surface area contributed by atoms with E-state index in [1.54, 1.807) is 11.4 Å². The Morgan fingerprint density at radius 2 is 2.50 bits per heavy atom. The van der Waals surface area contributed by atoms with Crippen LogP contribution in [0.5, 0.6) is 0 Å². The Balaban J connectivity index is 1.92. The van der Waals surface area contributed by atoms with Crippen LogP contribution in [0, 0.1) is 0 Å². The minimum absolute atomic E-state index is 0.000573. The first-order valence-electron chi connectivity index (χ1n) is 4.35. The van der Waals surface area contributed by atoms with E-state index in [1.165, 1.54) is 11.3 Å². The van der Waals surface area contributed by atoms with Crippen molar-refractivity contribution >= 4 is 23.2 Å². The monoisotopic (exact) mass is 210 g/mol. The van der Waals surface area contributed by atoms with Crippen LogP contribution in [0.25, 0.3) is 0 Å². The molecule has 1 aromatic heterocycles. The van der Waals surface area contributed by atoms with E-state index in [-0.39, 0.29) is 17.9 Å². The van der Waals surface area contributed by atoms with Gasteiger partial charge in [0.05, 0.1) is 6.04 Å². The molecule has 1 aliphatic heterocycles. The van der Waals surface area contributed by atoms with Gasteiger partial charge in [-0.3, -0.25) is 9.59 Å². The molecule has 1 fully saturated rings. The van der Waals surface area contributed by atoms with Crippen LogP contribution in [0.4, 0.5) is 0 Å². The minimum Gasteiger partial charge on any atom is -0.354 e. The molecule has 2 heterocycles. The van der Waals surface area contributed by atoms with Crippen LogP contribution in [0.3, 0.4) is 0 Å². The molecule has 1 atom stereocenters. The first-order valence-corrected chi connectivity index (χ1v) is 5.30. The molecule has 5 heteroatoms. The van der Waals surface area contributed by atoms with Crippen molar-refractivity contribution in [3.8, 4) is 0 Å². The van der Waals surface area contributed by atoms with Crippen LogP contribution in [-0.4, -0.2) is 24.4 Å². The molecule has 2 rings (SSSR count). The highest BCUT2D eigenvalue weighted by atomic mass is 32.1. The van der Waals surface area contributed by atoms with Gasteiger partial charge in [0.25, 0.3) is 5.91 Å². The molecule has 1 aliphatic rings. The van der Waals surface area contributed by atoms with Crippen molar-refractivity contribution in [1.29, 1.82) is 0 Å². The van der Waals surface area contributed by atoms with Gasteiger partial charge in [-0.1, -0.05) is 0 Å². The van der Waals surface area contributed by atoms with Gasteiger partial charge in [0.15, 0.2) is 0 Å². The molecule has 0 aromatic carbocycles. The summed E-state index contributed by atoms with van der Waals surface area (Å²) in [5, 5.41) is 9.11. The first-order chi connectivity index (χ1) is 6.75. The zero-order valence-electron chi connectivity index (χ0n) is 7.45. The highest BCUT2D eigenvalue weighted by Crippen LogP contribution is 2.07. The van der Waals surface area contributed by atoms with Gasteiger partial charge in [-0.05, 0) is 11.4 Å². The second-order valence-electron chi connectivity index (χ2n) is 3.19. The summed E-state index contributed by atoms with van der Waals surface area (Å²) in [5.74, 6) is -0.103. The molecule has 0 aliphatic carbocycles. The van der Waals surface area contributed by atoms with Crippen LogP contribution in [-0.2, 0) is 4.79 Å². The largest absolute Gasteiger partial charge is 0.354 e. The standard InChI is InChI=1S/C9H10N2O2S/c12-8-3-7(4-10-8)11-9(13)6-1-2-14-5-6/h1-2,5,7H,3-4H2,(H,10,12)(H,11,13)/t7-/m0/s1. The zero-order valence-corrected chi connectivity index (χ0v) is 8.26. The number of carbonyl (C=O) groups is 2. The molecule has 0 bridgehead atoms. The molecule has 0 spiro atoms. The molecule has 1 saturated heterocycles. The van der Waals surface area contributed by atoms with Crippen LogP contribution >= 0.6 is 11.3 Å². The molecule has 0 saturated carbocycles. The Morgan fingerprint density at radius 1 is 1.64 bits per heavy atom. The lowest BCUT2D eigenvalue weighted by Crippen LogP contribution is -2.35. The van der Waals surface area contributed by atoms with Gasteiger partial charge in [0.2, 0.25) is 5.91 Å². The van der Waals surface area contributed by atoms with Crippen molar-refractivity contribution in [3.05, 3.63) is 22.4 Å². The van der Waals surface area contributed by atoms with E-state index >= 15 is 0 Å². The molecular weight excluding hydrogens is 200 g/mol. The van der Waals surface area contributed by atoms with Crippen molar-refractivity contribution in [2.75, 3.05) is 6.54 Å². The summed E-state index contributed by atoms with van der Waals surface area (Å²) in [4.78, 5) is 22.4. The molecule has 2 N–H and O–H groups in total. The number of rotatable bonds is 2. The number of hydrogen-bond donors (Lipinski definition) is 2. The van der Waals surface area contributed by atoms with E-state index in [1.807, 2.05) is 5.38 Å². The molecule has 1 aromatic rings. The highest BCUT2D eigenvalue weighted by Gasteiger charge is 2.23. The summed E-state index contributed by atoms with van der Waals surface area (Å²) in [6.07, 6.45) is 0.385. The SMILES string of the molecule is O=C1C[C@H](NC(=O)c2ccsc2)CN1. The Morgan fingerprint density at radius 3 is 3.07 bits per heavy atom. The van der Waals surface area contributed by atoms with Crippen LogP contribution in [0.1, 0.15) is 16.8 Å². The average Bonchev–Trinajstić information content (AvgIpc) is 2.75. The third-order valence-electron chi connectivity index (χ3n) is 2.10. The summed E-state index contributed by atoms with van der Waals surface area (Å²) in [7, 11) is 0. The normalized spacial score (nSPS) is 20.6. The van der Waals surface area contributed by atoms with E-state index in [0.29, 0.717) is 18.5 Å². The maximum atomic E-state index is 11.5. The summed E-state index contributed by atoms with van der Waals surface area (Å²) < 4.78 is 0. The number of hydrogen-bond acceptors (Lipinski definition) is 3. The van der Waals surface area contributed by atoms with E-state index in [9.17, 15) is 9.59 Å². The first kappa shape index (κ1) is 9.21. The molecule has 0 unspecified atom stereocenters. The predicted octanol–water partition coefficient (Wildman–Crippen LogP) is 0.366. The number of nitrogens with one attached hydrogen (secondary N) is 2. The smallest absolute Gasteiger partial charge is 0.252 e. The Hall–Kier alpha value is -1.36. The van der Waals surface area contributed by atoms with Gasteiger partial charge in [-0.25, -0.2) is 0 Å². The number of carbonyl (C=O) groups excluding carboxylic acids is 2. The van der Waals surface area contributed by atoms with E-state index in [2.05, 4.69) is 10.6 Å². The summed E-state index contributed by atoms with van der Waals surface area (Å²) >= 11 is 1.48. The molecule has 2 amide bonds. The Kier molecular flexibility index (Phi) is 2.49. The lowest BCUT2D eigenvalue weighted by Gasteiger charge is -2.08. The van der Waals surface area contributed by atoms with Crippen molar-refractivity contribution in [3.63, 3.8) is 0 Å². The number of amides is 2. The third-order valence-corrected chi connectivity index (χ3v) is 2.78. The third kappa shape index (κ3) is 1.93. The van der Waals surface area contributed by atoms with E-state index in [4.69, 9.17) is 0 Å². The van der Waals surface area contributed by atoms with Crippen LogP contribution in [0.15, 0.2) is 16.8 Å². The van der Waals surface area contributed by atoms with Gasteiger partial charge < -0.3 is 10.6 Å². The van der Waals surface area contributed by atoms with Crippen LogP contribution in [0.2, 0.25) is 0 Å². The van der Waals surface area contributed by atoms with Crippen molar-refractivity contribution < 1.29 is 9.59 Å². The van der Waals surface area contributed by atoms with E-state index < -0.39 is 0 Å². The lowest BCUT2D eigenvalue weighted by atomic mass is 10.2. The second kappa shape index (κ2) is 3.79. The summed E-state index contributed by atoms with van der Waals surface area (Å²) in [6.45, 7) is 0.536. The summed E-state index contributed by atoms with van der Waals surface area (Å²) in [6, 6.07) is 1.71. The molecular formula is C9H10N2O2S. The summed E-state index contributed by atoms with van der Waals surface area (Å²) in [5.41, 5.74) is 0.661. The maximum absolute atomic E-state index is 11.5. The molecule has 4 nitrogen and oxygen atoms in total. The van der Waals surface area contributed by atoms with Gasteiger partial charge in [0.1, 0.15) is 0 Å². The fourth-order valence-corrected chi connectivity index (χ4v) is 2.01.